The Morgan fingerprint density at radius 1 is 0.554 bits per heavy atom. The summed E-state index contributed by atoms with van der Waals surface area (Å²) in [5.41, 5.74) is 0. The molecule has 0 bridgehead atoms. The summed E-state index contributed by atoms with van der Waals surface area (Å²) in [6.07, 6.45) is 42.0. The molecule has 324 valence electrons. The quantitative estimate of drug-likeness (QED) is 0.0201. The van der Waals surface area contributed by atoms with E-state index in [9.17, 15) is 24.2 Å². The molecule has 0 aromatic heterocycles. The lowest BCUT2D eigenvalue weighted by atomic mass is 10.1. The summed E-state index contributed by atoms with van der Waals surface area (Å²) >= 11 is 0. The number of phosphoric acid groups is 1. The standard InChI is InChI=1S/C44H77O11P/c1-2-3-4-5-6-7-8-9-13-16-19-22-25-28-31-34-43(48)52-39-42(40-54-56(50,51)53-38-41(47)37-46)55-44(49)35-32-29-26-23-20-17-14-11-10-12-15-18-21-24-27-30-33-36-45/h9-10,12-14,17-18,21,23,26,41-42,45-47H,2-8,11,15-16,19-20,22,24-25,27-40H2,1H3,(H,50,51)/b12-10-,13-9-,17-14-,21-18-,26-23-. The number of aliphatic hydroxyl groups excluding tert-OH is 3. The molecule has 0 radical (unpaired) electrons. The molecule has 0 saturated heterocycles. The number of carbonyl (C=O) groups excluding carboxylic acids is 2. The van der Waals surface area contributed by atoms with E-state index in [4.69, 9.17) is 24.2 Å². The van der Waals surface area contributed by atoms with E-state index in [1.165, 1.54) is 38.5 Å². The molecule has 0 aliphatic heterocycles. The molecule has 12 heteroatoms. The highest BCUT2D eigenvalue weighted by molar-refractivity contribution is 7.47. The Kier molecular flexibility index (Phi) is 39.1. The molecule has 56 heavy (non-hydrogen) atoms. The van der Waals surface area contributed by atoms with Gasteiger partial charge < -0.3 is 29.7 Å². The maximum atomic E-state index is 12.6. The van der Waals surface area contributed by atoms with E-state index >= 15 is 0 Å². The molecule has 0 rings (SSSR count). The summed E-state index contributed by atoms with van der Waals surface area (Å²) in [4.78, 5) is 34.9. The van der Waals surface area contributed by atoms with Crippen LogP contribution in [0, 0.1) is 0 Å². The zero-order valence-corrected chi connectivity index (χ0v) is 35.4. The highest BCUT2D eigenvalue weighted by Gasteiger charge is 2.27. The summed E-state index contributed by atoms with van der Waals surface area (Å²) in [5.74, 6) is -1.02. The number of phosphoric ester groups is 1. The van der Waals surface area contributed by atoms with Crippen LogP contribution in [0.15, 0.2) is 60.8 Å². The first kappa shape index (κ1) is 53.6. The SMILES string of the molecule is CCCCCCCC/C=C\CCCCCCCC(=O)OCC(COP(=O)(O)OCC(O)CO)OC(=O)CCC/C=C\C/C=C\C/C=C\C/C=C\CCCCCO. The molecule has 0 saturated carbocycles. The molecule has 0 heterocycles. The van der Waals surface area contributed by atoms with Gasteiger partial charge in [-0.2, -0.15) is 0 Å². The molecular weight excluding hydrogens is 735 g/mol. The Labute approximate surface area is 338 Å². The fourth-order valence-corrected chi connectivity index (χ4v) is 6.16. The molecule has 4 N–H and O–H groups in total. The van der Waals surface area contributed by atoms with Crippen molar-refractivity contribution in [2.75, 3.05) is 33.0 Å². The second kappa shape index (κ2) is 40.8. The number of esters is 2. The van der Waals surface area contributed by atoms with Crippen LogP contribution >= 0.6 is 7.82 Å². The van der Waals surface area contributed by atoms with Crippen molar-refractivity contribution in [3.05, 3.63) is 60.8 Å². The Balaban J connectivity index is 4.42. The predicted molar refractivity (Wildman–Crippen MR) is 225 cm³/mol. The van der Waals surface area contributed by atoms with Crippen LogP contribution in [0.5, 0.6) is 0 Å². The Bertz CT molecular complexity index is 1120. The highest BCUT2D eigenvalue weighted by atomic mass is 31.2. The summed E-state index contributed by atoms with van der Waals surface area (Å²) in [7, 11) is -4.64. The lowest BCUT2D eigenvalue weighted by molar-refractivity contribution is -0.161. The van der Waals surface area contributed by atoms with Crippen LogP contribution in [0.25, 0.3) is 0 Å². The van der Waals surface area contributed by atoms with E-state index < -0.39 is 51.8 Å². The smallest absolute Gasteiger partial charge is 0.462 e. The van der Waals surface area contributed by atoms with E-state index in [0.29, 0.717) is 19.3 Å². The van der Waals surface area contributed by atoms with Crippen molar-refractivity contribution in [1.29, 1.82) is 0 Å². The van der Waals surface area contributed by atoms with Crippen molar-refractivity contribution in [1.82, 2.24) is 0 Å². The van der Waals surface area contributed by atoms with Gasteiger partial charge in [0, 0.05) is 19.4 Å². The van der Waals surface area contributed by atoms with Gasteiger partial charge in [0.2, 0.25) is 0 Å². The van der Waals surface area contributed by atoms with Gasteiger partial charge in [-0.3, -0.25) is 18.6 Å². The van der Waals surface area contributed by atoms with Gasteiger partial charge >= 0.3 is 19.8 Å². The van der Waals surface area contributed by atoms with E-state index in [-0.39, 0.29) is 26.1 Å². The largest absolute Gasteiger partial charge is 0.472 e. The number of ether oxygens (including phenoxy) is 2. The number of unbranched alkanes of at least 4 members (excludes halogenated alkanes) is 15. The zero-order valence-electron chi connectivity index (χ0n) is 34.5. The van der Waals surface area contributed by atoms with Crippen LogP contribution in [-0.2, 0) is 32.7 Å². The van der Waals surface area contributed by atoms with Gasteiger partial charge in [0.25, 0.3) is 0 Å². The minimum absolute atomic E-state index is 0.0947. The van der Waals surface area contributed by atoms with Crippen LogP contribution in [0.4, 0.5) is 0 Å². The van der Waals surface area contributed by atoms with Crippen molar-refractivity contribution in [2.24, 2.45) is 0 Å². The minimum atomic E-state index is -4.64. The number of hydrogen-bond acceptors (Lipinski definition) is 10. The second-order valence-electron chi connectivity index (χ2n) is 14.1. The molecule has 0 aliphatic rings. The molecule has 11 nitrogen and oxygen atoms in total. The van der Waals surface area contributed by atoms with Gasteiger partial charge in [-0.1, -0.05) is 125 Å². The van der Waals surface area contributed by atoms with Crippen molar-refractivity contribution < 1.29 is 52.9 Å². The fraction of sp³-hybridized carbons (Fsp3) is 0.727. The third-order valence-electron chi connectivity index (χ3n) is 8.70. The van der Waals surface area contributed by atoms with Gasteiger partial charge in [-0.05, 0) is 83.5 Å². The summed E-state index contributed by atoms with van der Waals surface area (Å²) in [6.45, 7) is 0.291. The van der Waals surface area contributed by atoms with Gasteiger partial charge in [-0.25, -0.2) is 4.57 Å². The van der Waals surface area contributed by atoms with Crippen LogP contribution in [0.2, 0.25) is 0 Å². The van der Waals surface area contributed by atoms with Crippen LogP contribution in [0.1, 0.15) is 161 Å². The van der Waals surface area contributed by atoms with Crippen molar-refractivity contribution in [3.63, 3.8) is 0 Å². The molecule has 0 amide bonds. The molecule has 0 aromatic rings. The van der Waals surface area contributed by atoms with Crippen LogP contribution in [0.3, 0.4) is 0 Å². The summed E-state index contributed by atoms with van der Waals surface area (Å²) < 4.78 is 32.6. The minimum Gasteiger partial charge on any atom is -0.462 e. The monoisotopic (exact) mass is 813 g/mol. The van der Waals surface area contributed by atoms with Crippen molar-refractivity contribution in [3.8, 4) is 0 Å². The average molecular weight is 813 g/mol. The molecule has 0 aromatic carbocycles. The Morgan fingerprint density at radius 2 is 1.00 bits per heavy atom. The number of allylic oxidation sites excluding steroid dienone is 10. The van der Waals surface area contributed by atoms with Crippen LogP contribution < -0.4 is 0 Å². The molecule has 0 aliphatic carbocycles. The molecule has 0 spiro atoms. The normalized spacial score (nSPS) is 14.4. The zero-order chi connectivity index (χ0) is 41.2. The van der Waals surface area contributed by atoms with Gasteiger partial charge in [0.1, 0.15) is 12.7 Å². The Morgan fingerprint density at radius 3 is 1.55 bits per heavy atom. The first-order chi connectivity index (χ1) is 27.2. The topological polar surface area (TPSA) is 169 Å². The molecular formula is C44H77O11P. The lowest BCUT2D eigenvalue weighted by Crippen LogP contribution is -2.29. The lowest BCUT2D eigenvalue weighted by Gasteiger charge is -2.20. The summed E-state index contributed by atoms with van der Waals surface area (Å²) in [6, 6.07) is 0. The van der Waals surface area contributed by atoms with Gasteiger partial charge in [0.05, 0.1) is 19.8 Å². The number of aliphatic hydroxyl groups is 3. The molecule has 3 atom stereocenters. The first-order valence-corrected chi connectivity index (χ1v) is 22.8. The van der Waals surface area contributed by atoms with E-state index in [2.05, 4.69) is 60.1 Å². The second-order valence-corrected chi connectivity index (χ2v) is 15.5. The first-order valence-electron chi connectivity index (χ1n) is 21.4. The van der Waals surface area contributed by atoms with Crippen molar-refractivity contribution in [2.45, 2.75) is 173 Å². The van der Waals surface area contributed by atoms with Crippen LogP contribution in [-0.4, -0.2) is 77.4 Å². The average Bonchev–Trinajstić information content (AvgIpc) is 3.19. The predicted octanol–water partition coefficient (Wildman–Crippen LogP) is 10.1. The van der Waals surface area contributed by atoms with Gasteiger partial charge in [-0.15, -0.1) is 0 Å². The van der Waals surface area contributed by atoms with E-state index in [1.807, 2.05) is 12.2 Å². The van der Waals surface area contributed by atoms with Gasteiger partial charge in [0.15, 0.2) is 6.10 Å². The molecule has 0 fully saturated rings. The molecule has 3 unspecified atom stereocenters. The highest BCUT2D eigenvalue weighted by Crippen LogP contribution is 2.43. The number of carbonyl (C=O) groups is 2. The third kappa shape index (κ3) is 39.8. The fourth-order valence-electron chi connectivity index (χ4n) is 5.37. The third-order valence-corrected chi connectivity index (χ3v) is 9.65. The Hall–Kier alpha value is -2.37. The number of hydrogen-bond donors (Lipinski definition) is 4. The number of rotatable bonds is 40. The van der Waals surface area contributed by atoms with E-state index in [0.717, 1.165) is 83.5 Å². The van der Waals surface area contributed by atoms with Crippen molar-refractivity contribution >= 4 is 19.8 Å². The van der Waals surface area contributed by atoms with E-state index in [1.54, 1.807) is 0 Å². The summed E-state index contributed by atoms with van der Waals surface area (Å²) in [5, 5.41) is 27.1. The maximum absolute atomic E-state index is 12.6. The maximum Gasteiger partial charge on any atom is 0.472 e.